The van der Waals surface area contributed by atoms with E-state index in [-0.39, 0.29) is 0 Å². The van der Waals surface area contributed by atoms with Crippen LogP contribution in [0, 0.1) is 6.92 Å². The summed E-state index contributed by atoms with van der Waals surface area (Å²) in [5.41, 5.74) is 0.801. The van der Waals surface area contributed by atoms with Crippen LogP contribution in [0.1, 0.15) is 17.7 Å². The summed E-state index contributed by atoms with van der Waals surface area (Å²) in [5.74, 6) is 0.731. The molecule has 2 aromatic rings. The van der Waals surface area contributed by atoms with Crippen molar-refractivity contribution in [2.45, 2.75) is 19.8 Å². The first-order valence-electron chi connectivity index (χ1n) is 6.92. The average molecular weight is 290 g/mol. The van der Waals surface area contributed by atoms with Gasteiger partial charge in [-0.05, 0) is 32.9 Å². The third-order valence-electron chi connectivity index (χ3n) is 3.38. The average Bonchev–Trinajstić information content (AvgIpc) is 3.11. The van der Waals surface area contributed by atoms with E-state index < -0.39 is 0 Å². The summed E-state index contributed by atoms with van der Waals surface area (Å²) < 4.78 is 5.81. The molecule has 1 aliphatic heterocycles. The maximum atomic E-state index is 5.81. The monoisotopic (exact) mass is 290 g/mol. The molecule has 0 radical (unpaired) electrons. The number of thiazole rings is 1. The molecular weight excluding hydrogens is 272 g/mol. The van der Waals surface area contributed by atoms with Gasteiger partial charge in [-0.2, -0.15) is 4.98 Å². The molecule has 2 aromatic heterocycles. The highest BCUT2D eigenvalue weighted by Crippen LogP contribution is 2.30. The summed E-state index contributed by atoms with van der Waals surface area (Å²) in [6.45, 7) is 6.11. The highest BCUT2D eigenvalue weighted by Gasteiger charge is 2.14. The van der Waals surface area contributed by atoms with Crippen molar-refractivity contribution in [1.29, 1.82) is 0 Å². The second kappa shape index (κ2) is 6.28. The fraction of sp³-hybridized carbons (Fsp3) is 0.500. The summed E-state index contributed by atoms with van der Waals surface area (Å²) in [7, 11) is 0. The number of rotatable bonds is 5. The lowest BCUT2D eigenvalue weighted by atomic mass is 10.4. The van der Waals surface area contributed by atoms with Gasteiger partial charge in [0.1, 0.15) is 17.3 Å². The van der Waals surface area contributed by atoms with Crippen LogP contribution in [0.3, 0.4) is 0 Å². The van der Waals surface area contributed by atoms with Gasteiger partial charge in [-0.25, -0.2) is 0 Å². The molecule has 0 atom stereocenters. The first kappa shape index (κ1) is 13.5. The highest BCUT2D eigenvalue weighted by molar-refractivity contribution is 7.15. The van der Waals surface area contributed by atoms with Crippen molar-refractivity contribution < 1.29 is 4.74 Å². The van der Waals surface area contributed by atoms with E-state index in [9.17, 15) is 0 Å². The summed E-state index contributed by atoms with van der Waals surface area (Å²) >= 11 is 1.60. The second-order valence-corrected chi connectivity index (χ2v) is 6.07. The molecule has 0 bridgehead atoms. The topological polar surface area (TPSA) is 51.1 Å². The lowest BCUT2D eigenvalue weighted by molar-refractivity contribution is 0.232. The van der Waals surface area contributed by atoms with E-state index in [2.05, 4.69) is 19.9 Å². The van der Waals surface area contributed by atoms with E-state index in [0.29, 0.717) is 6.61 Å². The minimum atomic E-state index is 0.699. The molecule has 1 fully saturated rings. The SMILES string of the molecule is Cc1sc(-c2cnccn2)nc1OCCN1CCCC1. The lowest BCUT2D eigenvalue weighted by Crippen LogP contribution is -2.25. The molecule has 0 aromatic carbocycles. The quantitative estimate of drug-likeness (QED) is 0.846. The van der Waals surface area contributed by atoms with E-state index >= 15 is 0 Å². The maximum Gasteiger partial charge on any atom is 0.228 e. The van der Waals surface area contributed by atoms with Crippen LogP contribution in [-0.2, 0) is 0 Å². The van der Waals surface area contributed by atoms with Crippen molar-refractivity contribution in [3.8, 4) is 16.6 Å². The van der Waals surface area contributed by atoms with Crippen LogP contribution in [0.25, 0.3) is 10.7 Å². The molecule has 1 aliphatic rings. The van der Waals surface area contributed by atoms with E-state index in [0.717, 1.165) is 28.0 Å². The van der Waals surface area contributed by atoms with Gasteiger partial charge in [0.05, 0.1) is 11.1 Å². The third kappa shape index (κ3) is 3.13. The molecule has 0 aliphatic carbocycles. The first-order valence-corrected chi connectivity index (χ1v) is 7.73. The molecule has 1 saturated heterocycles. The number of aryl methyl sites for hydroxylation is 1. The van der Waals surface area contributed by atoms with Crippen molar-refractivity contribution in [2.75, 3.05) is 26.2 Å². The van der Waals surface area contributed by atoms with Gasteiger partial charge in [0.2, 0.25) is 5.88 Å². The van der Waals surface area contributed by atoms with Crippen molar-refractivity contribution >= 4 is 11.3 Å². The number of hydrogen-bond acceptors (Lipinski definition) is 6. The fourth-order valence-electron chi connectivity index (χ4n) is 2.31. The lowest BCUT2D eigenvalue weighted by Gasteiger charge is -2.14. The number of aromatic nitrogens is 3. The Bertz CT molecular complexity index is 552. The van der Waals surface area contributed by atoms with Crippen LogP contribution < -0.4 is 4.74 Å². The standard InChI is InChI=1S/C14H18N4OS/c1-11-13(19-9-8-18-6-2-3-7-18)17-14(20-11)12-10-15-4-5-16-12/h4-5,10H,2-3,6-9H2,1H3. The normalized spacial score (nSPS) is 15.7. The Morgan fingerprint density at radius 1 is 1.30 bits per heavy atom. The molecule has 20 heavy (non-hydrogen) atoms. The summed E-state index contributed by atoms with van der Waals surface area (Å²) in [5, 5.41) is 0.867. The van der Waals surface area contributed by atoms with E-state index in [4.69, 9.17) is 4.74 Å². The Hall–Kier alpha value is -1.53. The van der Waals surface area contributed by atoms with Crippen molar-refractivity contribution in [3.63, 3.8) is 0 Å². The molecule has 3 rings (SSSR count). The molecule has 5 nitrogen and oxygen atoms in total. The molecule has 6 heteroatoms. The molecule has 0 unspecified atom stereocenters. The van der Waals surface area contributed by atoms with Gasteiger partial charge >= 0.3 is 0 Å². The Kier molecular flexibility index (Phi) is 4.22. The highest BCUT2D eigenvalue weighted by atomic mass is 32.1. The van der Waals surface area contributed by atoms with Gasteiger partial charge < -0.3 is 4.74 Å². The molecular formula is C14H18N4OS. The minimum Gasteiger partial charge on any atom is -0.476 e. The van der Waals surface area contributed by atoms with Crippen LogP contribution >= 0.6 is 11.3 Å². The Labute approximate surface area is 122 Å². The van der Waals surface area contributed by atoms with E-state index in [1.165, 1.54) is 25.9 Å². The van der Waals surface area contributed by atoms with Gasteiger partial charge in [-0.3, -0.25) is 14.9 Å². The summed E-state index contributed by atoms with van der Waals surface area (Å²) in [6.07, 6.45) is 7.70. The molecule has 3 heterocycles. The Morgan fingerprint density at radius 2 is 2.15 bits per heavy atom. The van der Waals surface area contributed by atoms with Crippen LogP contribution in [-0.4, -0.2) is 46.1 Å². The van der Waals surface area contributed by atoms with Gasteiger partial charge in [0.25, 0.3) is 0 Å². The van der Waals surface area contributed by atoms with Crippen molar-refractivity contribution in [2.24, 2.45) is 0 Å². The Morgan fingerprint density at radius 3 is 2.90 bits per heavy atom. The van der Waals surface area contributed by atoms with E-state index in [1.54, 1.807) is 29.9 Å². The summed E-state index contributed by atoms with van der Waals surface area (Å²) in [4.78, 5) is 16.4. The number of likely N-dealkylation sites (tertiary alicyclic amines) is 1. The molecule has 0 spiro atoms. The van der Waals surface area contributed by atoms with Crippen molar-refractivity contribution in [1.82, 2.24) is 19.9 Å². The summed E-state index contributed by atoms with van der Waals surface area (Å²) in [6, 6.07) is 0. The molecule has 0 saturated carbocycles. The van der Waals surface area contributed by atoms with Gasteiger partial charge in [0, 0.05) is 18.9 Å². The zero-order chi connectivity index (χ0) is 13.8. The van der Waals surface area contributed by atoms with Gasteiger partial charge in [0.15, 0.2) is 0 Å². The van der Waals surface area contributed by atoms with Crippen LogP contribution in [0.4, 0.5) is 0 Å². The zero-order valence-corrected chi connectivity index (χ0v) is 12.4. The molecule has 106 valence electrons. The Balaban J connectivity index is 1.61. The fourth-order valence-corrected chi connectivity index (χ4v) is 3.13. The van der Waals surface area contributed by atoms with Gasteiger partial charge in [-0.1, -0.05) is 0 Å². The largest absolute Gasteiger partial charge is 0.476 e. The predicted octanol–water partition coefficient (Wildman–Crippen LogP) is 2.38. The van der Waals surface area contributed by atoms with Crippen molar-refractivity contribution in [3.05, 3.63) is 23.5 Å². The number of nitrogens with zero attached hydrogens (tertiary/aromatic N) is 4. The number of ether oxygens (including phenoxy) is 1. The third-order valence-corrected chi connectivity index (χ3v) is 4.36. The number of hydrogen-bond donors (Lipinski definition) is 0. The molecule has 0 N–H and O–H groups in total. The minimum absolute atomic E-state index is 0.699. The van der Waals surface area contributed by atoms with Crippen LogP contribution in [0.15, 0.2) is 18.6 Å². The smallest absolute Gasteiger partial charge is 0.228 e. The van der Waals surface area contributed by atoms with Crippen LogP contribution in [0.2, 0.25) is 0 Å². The maximum absolute atomic E-state index is 5.81. The molecule has 0 amide bonds. The zero-order valence-electron chi connectivity index (χ0n) is 11.6. The second-order valence-electron chi connectivity index (χ2n) is 4.87. The van der Waals surface area contributed by atoms with E-state index in [1.807, 2.05) is 6.92 Å². The van der Waals surface area contributed by atoms with Crippen LogP contribution in [0.5, 0.6) is 5.88 Å². The van der Waals surface area contributed by atoms with Gasteiger partial charge in [-0.15, -0.1) is 11.3 Å². The predicted molar refractivity (Wildman–Crippen MR) is 79.0 cm³/mol. The first-order chi connectivity index (χ1) is 9.83.